The van der Waals surface area contributed by atoms with Crippen LogP contribution in [0.2, 0.25) is 5.28 Å². The van der Waals surface area contributed by atoms with Crippen molar-refractivity contribution in [1.82, 2.24) is 15.1 Å². The van der Waals surface area contributed by atoms with Gasteiger partial charge in [0.15, 0.2) is 0 Å². The maximum absolute atomic E-state index is 5.78. The molecule has 0 radical (unpaired) electrons. The molecule has 0 N–H and O–H groups in total. The van der Waals surface area contributed by atoms with Crippen LogP contribution < -0.4 is 0 Å². The van der Waals surface area contributed by atoms with Crippen LogP contribution in [0.4, 0.5) is 0 Å². The van der Waals surface area contributed by atoms with Crippen molar-refractivity contribution in [2.75, 3.05) is 0 Å². The van der Waals surface area contributed by atoms with Crippen molar-refractivity contribution in [1.29, 1.82) is 0 Å². The zero-order valence-electron chi connectivity index (χ0n) is 9.25. The number of nitrogens with zero attached hydrogens (tertiary/aromatic N) is 3. The highest BCUT2D eigenvalue weighted by atomic mass is 35.5. The SMILES string of the molecule is Clc1nccc(-c2cccc(-c3ccon3)c2)n1. The van der Waals surface area contributed by atoms with Crippen LogP contribution in [0.25, 0.3) is 22.5 Å². The molecule has 2 heterocycles. The van der Waals surface area contributed by atoms with E-state index in [9.17, 15) is 0 Å². The van der Waals surface area contributed by atoms with E-state index in [2.05, 4.69) is 15.1 Å². The Morgan fingerprint density at radius 3 is 2.56 bits per heavy atom. The average molecular weight is 258 g/mol. The normalized spacial score (nSPS) is 10.5. The van der Waals surface area contributed by atoms with Gasteiger partial charge in [-0.05, 0) is 23.7 Å². The third kappa shape index (κ3) is 2.10. The molecule has 0 aliphatic carbocycles. The van der Waals surface area contributed by atoms with E-state index in [1.54, 1.807) is 12.5 Å². The molecule has 0 spiro atoms. The van der Waals surface area contributed by atoms with Crippen LogP contribution in [0.15, 0.2) is 53.4 Å². The first-order valence-electron chi connectivity index (χ1n) is 5.33. The lowest BCUT2D eigenvalue weighted by atomic mass is 10.1. The third-order valence-corrected chi connectivity index (χ3v) is 2.70. The molecule has 0 bridgehead atoms. The highest BCUT2D eigenvalue weighted by molar-refractivity contribution is 6.28. The minimum atomic E-state index is 0.235. The Bertz CT molecular complexity index is 668. The van der Waals surface area contributed by atoms with E-state index < -0.39 is 0 Å². The molecule has 1 aromatic carbocycles. The maximum Gasteiger partial charge on any atom is 0.222 e. The van der Waals surface area contributed by atoms with Gasteiger partial charge in [-0.2, -0.15) is 0 Å². The predicted molar refractivity (Wildman–Crippen MR) is 68.0 cm³/mol. The highest BCUT2D eigenvalue weighted by Crippen LogP contribution is 2.24. The predicted octanol–water partition coefficient (Wildman–Crippen LogP) is 3.45. The lowest BCUT2D eigenvalue weighted by Crippen LogP contribution is -1.87. The van der Waals surface area contributed by atoms with Crippen molar-refractivity contribution in [3.63, 3.8) is 0 Å². The molecule has 0 amide bonds. The van der Waals surface area contributed by atoms with Crippen LogP contribution in [-0.4, -0.2) is 15.1 Å². The Morgan fingerprint density at radius 2 is 1.83 bits per heavy atom. The fourth-order valence-corrected chi connectivity index (χ4v) is 1.84. The van der Waals surface area contributed by atoms with Crippen LogP contribution >= 0.6 is 11.6 Å². The van der Waals surface area contributed by atoms with Crippen LogP contribution in [0, 0.1) is 0 Å². The van der Waals surface area contributed by atoms with E-state index in [1.807, 2.05) is 36.4 Å². The second-order valence-corrected chi connectivity index (χ2v) is 4.01. The summed E-state index contributed by atoms with van der Waals surface area (Å²) < 4.78 is 4.84. The molecular formula is C13H8ClN3O. The van der Waals surface area contributed by atoms with Gasteiger partial charge in [0.25, 0.3) is 0 Å². The smallest absolute Gasteiger partial charge is 0.222 e. The van der Waals surface area contributed by atoms with E-state index in [0.717, 1.165) is 22.5 Å². The Balaban J connectivity index is 2.06. The molecule has 0 saturated heterocycles. The standard InChI is InChI=1S/C13H8ClN3O/c14-13-15-6-4-11(16-13)9-2-1-3-10(8-9)12-5-7-18-17-12/h1-8H. The molecule has 0 aliphatic heterocycles. The van der Waals surface area contributed by atoms with Gasteiger partial charge in [0.1, 0.15) is 12.0 Å². The highest BCUT2D eigenvalue weighted by Gasteiger charge is 2.05. The summed E-state index contributed by atoms with van der Waals surface area (Å²) in [6.45, 7) is 0. The summed E-state index contributed by atoms with van der Waals surface area (Å²) in [5.41, 5.74) is 3.49. The van der Waals surface area contributed by atoms with Crippen LogP contribution in [0.1, 0.15) is 0 Å². The lowest BCUT2D eigenvalue weighted by Gasteiger charge is -2.02. The second kappa shape index (κ2) is 4.58. The first kappa shape index (κ1) is 10.9. The quantitative estimate of drug-likeness (QED) is 0.660. The number of hydrogen-bond donors (Lipinski definition) is 0. The summed E-state index contributed by atoms with van der Waals surface area (Å²) in [6, 6.07) is 11.5. The van der Waals surface area contributed by atoms with E-state index in [4.69, 9.17) is 16.1 Å². The summed E-state index contributed by atoms with van der Waals surface area (Å²) >= 11 is 5.78. The van der Waals surface area contributed by atoms with Gasteiger partial charge in [0, 0.05) is 23.4 Å². The number of benzene rings is 1. The molecule has 0 saturated carbocycles. The number of rotatable bonds is 2. The molecule has 18 heavy (non-hydrogen) atoms. The van der Waals surface area contributed by atoms with Crippen molar-refractivity contribution < 1.29 is 4.52 Å². The zero-order chi connectivity index (χ0) is 12.4. The summed E-state index contributed by atoms with van der Waals surface area (Å²) in [6.07, 6.45) is 3.18. The molecule has 2 aromatic heterocycles. The molecule has 88 valence electrons. The molecule has 5 heteroatoms. The van der Waals surface area contributed by atoms with Crippen molar-refractivity contribution >= 4 is 11.6 Å². The topological polar surface area (TPSA) is 51.8 Å². The molecule has 0 unspecified atom stereocenters. The zero-order valence-corrected chi connectivity index (χ0v) is 10.0. The van der Waals surface area contributed by atoms with Gasteiger partial charge in [-0.1, -0.05) is 23.4 Å². The van der Waals surface area contributed by atoms with Crippen molar-refractivity contribution in [2.45, 2.75) is 0 Å². The monoisotopic (exact) mass is 257 g/mol. The van der Waals surface area contributed by atoms with Gasteiger partial charge in [-0.25, -0.2) is 9.97 Å². The Hall–Kier alpha value is -2.20. The van der Waals surface area contributed by atoms with Crippen molar-refractivity contribution in [3.8, 4) is 22.5 Å². The second-order valence-electron chi connectivity index (χ2n) is 3.68. The average Bonchev–Trinajstić information content (AvgIpc) is 2.93. The fourth-order valence-electron chi connectivity index (χ4n) is 1.69. The van der Waals surface area contributed by atoms with E-state index in [1.165, 1.54) is 0 Å². The largest absolute Gasteiger partial charge is 0.364 e. The Labute approximate surface area is 108 Å². The van der Waals surface area contributed by atoms with E-state index >= 15 is 0 Å². The molecule has 3 rings (SSSR count). The van der Waals surface area contributed by atoms with Gasteiger partial charge >= 0.3 is 0 Å². The van der Waals surface area contributed by atoms with Gasteiger partial charge in [-0.3, -0.25) is 0 Å². The van der Waals surface area contributed by atoms with Crippen LogP contribution in [0.5, 0.6) is 0 Å². The summed E-state index contributed by atoms with van der Waals surface area (Å²) in [5, 5.41) is 4.14. The lowest BCUT2D eigenvalue weighted by molar-refractivity contribution is 0.422. The Kier molecular flexibility index (Phi) is 2.78. The first-order valence-corrected chi connectivity index (χ1v) is 5.70. The van der Waals surface area contributed by atoms with E-state index in [0.29, 0.717) is 0 Å². The summed E-state index contributed by atoms with van der Waals surface area (Å²) in [5.74, 6) is 0. The van der Waals surface area contributed by atoms with Crippen molar-refractivity contribution in [2.24, 2.45) is 0 Å². The number of halogens is 1. The minimum Gasteiger partial charge on any atom is -0.364 e. The van der Waals surface area contributed by atoms with Crippen LogP contribution in [-0.2, 0) is 0 Å². The van der Waals surface area contributed by atoms with Gasteiger partial charge < -0.3 is 4.52 Å². The van der Waals surface area contributed by atoms with Gasteiger partial charge in [0.05, 0.1) is 5.69 Å². The number of hydrogen-bond acceptors (Lipinski definition) is 4. The summed E-state index contributed by atoms with van der Waals surface area (Å²) in [4.78, 5) is 8.04. The fraction of sp³-hybridized carbons (Fsp3) is 0. The minimum absolute atomic E-state index is 0.235. The van der Waals surface area contributed by atoms with Gasteiger partial charge in [0.2, 0.25) is 5.28 Å². The van der Waals surface area contributed by atoms with E-state index in [-0.39, 0.29) is 5.28 Å². The van der Waals surface area contributed by atoms with Crippen LogP contribution in [0.3, 0.4) is 0 Å². The number of aromatic nitrogens is 3. The molecule has 0 aliphatic rings. The summed E-state index contributed by atoms with van der Waals surface area (Å²) in [7, 11) is 0. The third-order valence-electron chi connectivity index (χ3n) is 2.52. The molecule has 0 atom stereocenters. The molecule has 0 fully saturated rings. The maximum atomic E-state index is 5.78. The molecular weight excluding hydrogens is 250 g/mol. The van der Waals surface area contributed by atoms with Crippen molar-refractivity contribution in [3.05, 3.63) is 54.1 Å². The molecule has 3 aromatic rings. The first-order chi connectivity index (χ1) is 8.83. The molecule has 4 nitrogen and oxygen atoms in total. The van der Waals surface area contributed by atoms with Gasteiger partial charge in [-0.15, -0.1) is 0 Å². The Morgan fingerprint density at radius 1 is 1.00 bits per heavy atom.